The summed E-state index contributed by atoms with van der Waals surface area (Å²) in [6.07, 6.45) is 8.19. The van der Waals surface area contributed by atoms with Crippen molar-refractivity contribution in [2.45, 2.75) is 65.2 Å². The number of benzene rings is 2. The van der Waals surface area contributed by atoms with Crippen LogP contribution in [0.15, 0.2) is 54.3 Å². The Labute approximate surface area is 210 Å². The molecular formula is C29H32IrNO2-. The number of allylic oxidation sites excluding steroid dienone is 2. The Morgan fingerprint density at radius 2 is 1.82 bits per heavy atom. The summed E-state index contributed by atoms with van der Waals surface area (Å²) in [6.45, 7) is 7.08. The van der Waals surface area contributed by atoms with E-state index < -0.39 is 0 Å². The van der Waals surface area contributed by atoms with Crippen molar-refractivity contribution in [2.24, 2.45) is 5.92 Å². The summed E-state index contributed by atoms with van der Waals surface area (Å²) in [5.41, 5.74) is 7.66. The van der Waals surface area contributed by atoms with Gasteiger partial charge in [-0.2, -0.15) is 0 Å². The van der Waals surface area contributed by atoms with Crippen molar-refractivity contribution in [3.63, 3.8) is 0 Å². The molecule has 33 heavy (non-hydrogen) atoms. The zero-order chi connectivity index (χ0) is 22.9. The van der Waals surface area contributed by atoms with Gasteiger partial charge in [0.25, 0.3) is 0 Å². The van der Waals surface area contributed by atoms with E-state index in [0.717, 1.165) is 22.7 Å². The third-order valence-corrected chi connectivity index (χ3v) is 6.88. The summed E-state index contributed by atoms with van der Waals surface area (Å²) >= 11 is 0. The quantitative estimate of drug-likeness (QED) is 0.192. The van der Waals surface area contributed by atoms with Crippen LogP contribution in [0.2, 0.25) is 0 Å². The molecule has 2 bridgehead atoms. The van der Waals surface area contributed by atoms with Crippen molar-refractivity contribution in [3.05, 3.63) is 77.1 Å². The molecule has 2 saturated carbocycles. The molecule has 5 rings (SSSR count). The van der Waals surface area contributed by atoms with Gasteiger partial charge >= 0.3 is 0 Å². The number of carbonyl (C=O) groups is 1. The number of pyridine rings is 1. The maximum atomic E-state index is 10.0. The number of aliphatic hydroxyl groups excluding tert-OH is 1. The molecule has 0 spiro atoms. The number of rotatable bonds is 3. The molecule has 3 nitrogen and oxygen atoms in total. The summed E-state index contributed by atoms with van der Waals surface area (Å²) in [5, 5.41) is 9.64. The van der Waals surface area contributed by atoms with E-state index in [2.05, 4.69) is 62.4 Å². The second kappa shape index (κ2) is 10.3. The van der Waals surface area contributed by atoms with Gasteiger partial charge in [0.1, 0.15) is 0 Å². The maximum Gasteiger partial charge on any atom is 0.155 e. The van der Waals surface area contributed by atoms with Crippen molar-refractivity contribution < 1.29 is 30.0 Å². The van der Waals surface area contributed by atoms with E-state index >= 15 is 0 Å². The molecule has 0 unspecified atom stereocenters. The number of nitrogens with zero attached hydrogens (tertiary/aromatic N) is 1. The van der Waals surface area contributed by atoms with Crippen molar-refractivity contribution >= 4 is 16.7 Å². The van der Waals surface area contributed by atoms with E-state index in [1.807, 2.05) is 0 Å². The number of aliphatic hydroxyl groups is 1. The Bertz CT molecular complexity index is 1170. The topological polar surface area (TPSA) is 50.2 Å². The van der Waals surface area contributed by atoms with Crippen molar-refractivity contribution in [1.29, 1.82) is 0 Å². The molecule has 1 aromatic heterocycles. The van der Waals surface area contributed by atoms with Gasteiger partial charge in [0.15, 0.2) is 5.78 Å². The molecule has 2 aliphatic carbocycles. The summed E-state index contributed by atoms with van der Waals surface area (Å²) in [5.74, 6) is 0.920. The Kier molecular flexibility index (Phi) is 7.92. The number of fused-ring (bicyclic) bond motifs is 3. The van der Waals surface area contributed by atoms with Crippen LogP contribution in [0.3, 0.4) is 0 Å². The smallest absolute Gasteiger partial charge is 0.155 e. The molecule has 1 radical (unpaired) electrons. The molecule has 2 aromatic carbocycles. The zero-order valence-electron chi connectivity index (χ0n) is 19.9. The molecule has 175 valence electrons. The summed E-state index contributed by atoms with van der Waals surface area (Å²) in [4.78, 5) is 14.9. The molecular weight excluding hydrogens is 587 g/mol. The Morgan fingerprint density at radius 1 is 1.09 bits per heavy atom. The van der Waals surface area contributed by atoms with Gasteiger partial charge in [0.2, 0.25) is 0 Å². The van der Waals surface area contributed by atoms with Crippen LogP contribution in [-0.4, -0.2) is 15.9 Å². The second-order valence-corrected chi connectivity index (χ2v) is 9.68. The molecule has 2 aliphatic rings. The van der Waals surface area contributed by atoms with Gasteiger partial charge in [-0.25, -0.2) is 0 Å². The number of hydrogen-bond acceptors (Lipinski definition) is 3. The van der Waals surface area contributed by atoms with Gasteiger partial charge < -0.3 is 5.11 Å². The molecule has 3 aromatic rings. The van der Waals surface area contributed by atoms with Crippen LogP contribution in [0.25, 0.3) is 22.2 Å². The molecule has 0 saturated heterocycles. The first-order chi connectivity index (χ1) is 15.2. The molecule has 1 N–H and O–H groups in total. The molecule has 1 heterocycles. The number of ketones is 1. The van der Waals surface area contributed by atoms with Crippen molar-refractivity contribution in [3.8, 4) is 11.3 Å². The van der Waals surface area contributed by atoms with E-state index in [0.29, 0.717) is 5.41 Å². The summed E-state index contributed by atoms with van der Waals surface area (Å²) < 4.78 is 0. The van der Waals surface area contributed by atoms with E-state index in [9.17, 15) is 4.79 Å². The number of carbonyl (C=O) groups excluding carboxylic acids is 1. The van der Waals surface area contributed by atoms with Gasteiger partial charge in [0.05, 0.1) is 11.3 Å². The minimum Gasteiger partial charge on any atom is -0.512 e. The Morgan fingerprint density at radius 3 is 2.36 bits per heavy atom. The maximum absolute atomic E-state index is 10.0. The minimum atomic E-state index is -0.125. The Balaban J connectivity index is 0.000000337. The van der Waals surface area contributed by atoms with Crippen LogP contribution < -0.4 is 0 Å². The zero-order valence-corrected chi connectivity index (χ0v) is 22.3. The summed E-state index contributed by atoms with van der Waals surface area (Å²) in [6, 6.07) is 19.2. The Hall–Kier alpha value is -2.29. The average Bonchev–Trinajstić information content (AvgIpc) is 3.34. The number of aryl methyl sites for hydroxylation is 2. The van der Waals surface area contributed by atoms with Crippen LogP contribution in [0.4, 0.5) is 0 Å². The number of aromatic nitrogens is 1. The van der Waals surface area contributed by atoms with E-state index in [4.69, 9.17) is 10.1 Å². The standard InChI is InChI=1S/C24H24N.C5H8O2.Ir/c1-16-11-17(2)13-20(12-16)23-5-3-19-14-21(4-6-22(19)25-23)24-9-7-18(15-24)8-10-24;1-4(6)3-5(2)7;/h3-6,11-12,14,18H,7-10,15H2,1-2H3;3,6H,1-2H3;/q-1;;/b;4-3-;. The number of hydrogen-bond donors (Lipinski definition) is 1. The van der Waals surface area contributed by atoms with Crippen LogP contribution >= 0.6 is 0 Å². The van der Waals surface area contributed by atoms with Gasteiger partial charge in [-0.05, 0) is 86.1 Å². The molecule has 0 atom stereocenters. The van der Waals surface area contributed by atoms with Crippen LogP contribution in [-0.2, 0) is 30.3 Å². The van der Waals surface area contributed by atoms with E-state index in [1.54, 1.807) is 5.56 Å². The first-order valence-electron chi connectivity index (χ1n) is 11.5. The van der Waals surface area contributed by atoms with Gasteiger partial charge in [0, 0.05) is 26.2 Å². The first-order valence-corrected chi connectivity index (χ1v) is 11.5. The fraction of sp³-hybridized carbons (Fsp3) is 0.379. The second-order valence-electron chi connectivity index (χ2n) is 9.68. The monoisotopic (exact) mass is 619 g/mol. The van der Waals surface area contributed by atoms with Crippen LogP contribution in [0.1, 0.15) is 62.6 Å². The molecule has 0 aliphatic heterocycles. The van der Waals surface area contributed by atoms with Gasteiger partial charge in [-0.15, -0.1) is 34.9 Å². The fourth-order valence-corrected chi connectivity index (χ4v) is 5.53. The molecule has 0 amide bonds. The van der Waals surface area contributed by atoms with Crippen molar-refractivity contribution in [2.75, 3.05) is 0 Å². The fourth-order valence-electron chi connectivity index (χ4n) is 5.53. The SMILES string of the molecule is CC(=O)/C=C(/C)O.Cc1[c-]c(-c2ccc3cc(C45CCC(CC4)C5)ccc3n2)cc(C)c1.[Ir]. The third-order valence-electron chi connectivity index (χ3n) is 6.88. The first kappa shape index (κ1) is 25.3. The molecule has 2 fully saturated rings. The minimum absolute atomic E-state index is 0. The summed E-state index contributed by atoms with van der Waals surface area (Å²) in [7, 11) is 0. The van der Waals surface area contributed by atoms with Crippen LogP contribution in [0.5, 0.6) is 0 Å². The van der Waals surface area contributed by atoms with Gasteiger partial charge in [-0.3, -0.25) is 9.78 Å². The van der Waals surface area contributed by atoms with Crippen LogP contribution in [0, 0.1) is 25.8 Å². The van der Waals surface area contributed by atoms with E-state index in [-0.39, 0.29) is 31.6 Å². The van der Waals surface area contributed by atoms with Gasteiger partial charge in [-0.1, -0.05) is 32.0 Å². The largest absolute Gasteiger partial charge is 0.512 e. The predicted molar refractivity (Wildman–Crippen MR) is 131 cm³/mol. The third kappa shape index (κ3) is 5.80. The molecule has 4 heteroatoms. The average molecular weight is 619 g/mol. The normalized spacial score (nSPS) is 21.3. The predicted octanol–water partition coefficient (Wildman–Crippen LogP) is 7.19. The van der Waals surface area contributed by atoms with E-state index in [1.165, 1.54) is 68.5 Å². The van der Waals surface area contributed by atoms with Crippen molar-refractivity contribution in [1.82, 2.24) is 4.98 Å².